The summed E-state index contributed by atoms with van der Waals surface area (Å²) in [4.78, 5) is 63.6. The number of para-hydroxylation sites is 1. The number of phenols is 1. The molecule has 8 rings (SSSR count). The van der Waals surface area contributed by atoms with Crippen LogP contribution in [0.25, 0.3) is 0 Å². The molecule has 6 amide bonds. The van der Waals surface area contributed by atoms with Gasteiger partial charge in [0, 0.05) is 57.9 Å². The fraction of sp³-hybridized carbons (Fsp3) is 0.333. The number of amides is 6. The van der Waals surface area contributed by atoms with Crippen LogP contribution in [0.3, 0.4) is 0 Å². The lowest BCUT2D eigenvalue weighted by atomic mass is 10.1. The lowest BCUT2D eigenvalue weighted by molar-refractivity contribution is -0.0395. The first kappa shape index (κ1) is 42.3. The molecule has 0 radical (unpaired) electrons. The maximum atomic E-state index is 14.5. The molecule has 0 aliphatic carbocycles. The van der Waals surface area contributed by atoms with Crippen LogP contribution in [-0.4, -0.2) is 126 Å². The van der Waals surface area contributed by atoms with Crippen LogP contribution in [0.15, 0.2) is 66.7 Å². The third-order valence-corrected chi connectivity index (χ3v) is 12.5. The van der Waals surface area contributed by atoms with Crippen molar-refractivity contribution in [3.05, 3.63) is 98.7 Å². The Bertz CT molecular complexity index is 2380. The number of aromatic hydroxyl groups is 1. The number of anilines is 4. The van der Waals surface area contributed by atoms with Gasteiger partial charge in [-0.15, -0.1) is 0 Å². The molecule has 15 nitrogen and oxygen atoms in total. The lowest BCUT2D eigenvalue weighted by Gasteiger charge is -2.43. The van der Waals surface area contributed by atoms with Gasteiger partial charge in [0.2, 0.25) is 0 Å². The molecule has 320 valence electrons. The number of halogens is 4. The highest BCUT2D eigenvalue weighted by Crippen LogP contribution is 2.41. The van der Waals surface area contributed by atoms with E-state index in [1.54, 1.807) is 34.1 Å². The molecule has 4 aromatic rings. The number of benzene rings is 4. The zero-order valence-electron chi connectivity index (χ0n) is 32.7. The number of phenolic OH excluding ortho intramolecular Hbond substituents is 1. The molecule has 0 aromatic heterocycles. The van der Waals surface area contributed by atoms with Gasteiger partial charge in [-0.3, -0.25) is 19.4 Å². The average molecular weight is 896 g/mol. The van der Waals surface area contributed by atoms with Crippen LogP contribution in [0.2, 0.25) is 15.1 Å². The average Bonchev–Trinajstić information content (AvgIpc) is 3.73. The smallest absolute Gasteiger partial charge is 0.323 e. The predicted molar refractivity (Wildman–Crippen MR) is 230 cm³/mol. The fourth-order valence-electron chi connectivity index (χ4n) is 8.16. The van der Waals surface area contributed by atoms with E-state index < -0.39 is 35.4 Å². The van der Waals surface area contributed by atoms with Crippen molar-refractivity contribution < 1.29 is 38.1 Å². The summed E-state index contributed by atoms with van der Waals surface area (Å²) in [5.41, 5.74) is -0.114. The normalized spacial score (nSPS) is 19.1. The van der Waals surface area contributed by atoms with Crippen LogP contribution >= 0.6 is 34.8 Å². The van der Waals surface area contributed by atoms with Crippen molar-refractivity contribution >= 4 is 81.4 Å². The molecular formula is C42H42Cl3FN8O7. The van der Waals surface area contributed by atoms with E-state index in [4.69, 9.17) is 44.3 Å². The van der Waals surface area contributed by atoms with Crippen LogP contribution in [0.4, 0.5) is 36.7 Å². The second kappa shape index (κ2) is 18.3. The summed E-state index contributed by atoms with van der Waals surface area (Å²) >= 11 is 18.6. The number of morpholine rings is 1. The van der Waals surface area contributed by atoms with Crippen LogP contribution in [-0.2, 0) is 4.74 Å². The molecule has 4 aliphatic rings. The van der Waals surface area contributed by atoms with E-state index in [1.807, 2.05) is 0 Å². The predicted octanol–water partition coefficient (Wildman–Crippen LogP) is 7.65. The number of hydrogen-bond acceptors (Lipinski definition) is 9. The molecule has 2 atom stereocenters. The Kier molecular flexibility index (Phi) is 12.7. The molecule has 61 heavy (non-hydrogen) atoms. The minimum atomic E-state index is -0.832. The van der Waals surface area contributed by atoms with Crippen molar-refractivity contribution in [3.63, 3.8) is 0 Å². The fourth-order valence-corrected chi connectivity index (χ4v) is 8.68. The quantitative estimate of drug-likeness (QED) is 0.112. The van der Waals surface area contributed by atoms with Crippen molar-refractivity contribution in [3.8, 4) is 17.2 Å². The number of urea groups is 2. The number of rotatable bonds is 8. The van der Waals surface area contributed by atoms with Gasteiger partial charge in [-0.2, -0.15) is 0 Å². The van der Waals surface area contributed by atoms with Gasteiger partial charge in [0.25, 0.3) is 11.8 Å². The van der Waals surface area contributed by atoms with Crippen molar-refractivity contribution in [2.24, 2.45) is 0 Å². The summed E-state index contributed by atoms with van der Waals surface area (Å²) in [5, 5.41) is 22.1. The topological polar surface area (TPSA) is 168 Å². The molecule has 0 bridgehead atoms. The van der Waals surface area contributed by atoms with Gasteiger partial charge < -0.3 is 45.6 Å². The molecule has 2 unspecified atom stereocenters. The van der Waals surface area contributed by atoms with Crippen molar-refractivity contribution in [1.82, 2.24) is 19.6 Å². The van der Waals surface area contributed by atoms with Gasteiger partial charge in [-0.05, 0) is 61.9 Å². The van der Waals surface area contributed by atoms with Crippen LogP contribution in [0, 0.1) is 5.82 Å². The number of nitrogens with zero attached hydrogens (tertiary/aromatic N) is 4. The molecule has 0 spiro atoms. The maximum Gasteiger partial charge on any atom is 0.323 e. The van der Waals surface area contributed by atoms with E-state index >= 15 is 0 Å². The molecule has 4 fully saturated rings. The Morgan fingerprint density at radius 3 is 2.05 bits per heavy atom. The van der Waals surface area contributed by atoms with Crippen molar-refractivity contribution in [1.29, 1.82) is 0 Å². The summed E-state index contributed by atoms with van der Waals surface area (Å²) < 4.78 is 26.5. The van der Waals surface area contributed by atoms with Crippen molar-refractivity contribution in [2.75, 3.05) is 86.8 Å². The minimum Gasteiger partial charge on any atom is -0.505 e. The highest BCUT2D eigenvalue weighted by Gasteiger charge is 2.36. The zero-order valence-corrected chi connectivity index (χ0v) is 35.0. The summed E-state index contributed by atoms with van der Waals surface area (Å²) in [7, 11) is 0. The lowest BCUT2D eigenvalue weighted by Crippen LogP contribution is -2.59. The van der Waals surface area contributed by atoms with E-state index in [0.717, 1.165) is 32.0 Å². The van der Waals surface area contributed by atoms with E-state index in [2.05, 4.69) is 31.1 Å². The van der Waals surface area contributed by atoms with Gasteiger partial charge in [0.05, 0.1) is 68.2 Å². The first-order valence-electron chi connectivity index (χ1n) is 19.8. The zero-order chi connectivity index (χ0) is 42.8. The Hall–Kier alpha value is -5.36. The number of fused-ring (bicyclic) bond motifs is 2. The van der Waals surface area contributed by atoms with E-state index in [1.165, 1.54) is 36.4 Å². The highest BCUT2D eigenvalue weighted by atomic mass is 35.5. The monoisotopic (exact) mass is 894 g/mol. The minimum absolute atomic E-state index is 0.00498. The molecular weight excluding hydrogens is 854 g/mol. The molecule has 19 heteroatoms. The first-order chi connectivity index (χ1) is 29.4. The summed E-state index contributed by atoms with van der Waals surface area (Å²) in [6, 6.07) is 14.4. The molecule has 4 saturated heterocycles. The van der Waals surface area contributed by atoms with E-state index in [9.17, 15) is 28.7 Å². The number of ether oxygens (including phenoxy) is 2. The third kappa shape index (κ3) is 9.29. The van der Waals surface area contributed by atoms with E-state index in [0.29, 0.717) is 52.5 Å². The number of nitrogens with one attached hydrogen (secondary N) is 4. The number of carbonyl (C=O) groups excluding carboxylic acids is 4. The highest BCUT2D eigenvalue weighted by molar-refractivity contribution is 6.44. The third-order valence-electron chi connectivity index (χ3n) is 11.3. The SMILES string of the molecule is O=C(Nc1cc(Oc2c(NC(=O)Nc3cccc(F)c3Cl)cccc2C(=O)N2CCN3CCOCC3C2)cc(C(=O)N2CCN3CCCC3C2)c1O)Nc1cccc(Cl)c1Cl. The van der Waals surface area contributed by atoms with Gasteiger partial charge >= 0.3 is 12.1 Å². The molecule has 0 saturated carbocycles. The van der Waals surface area contributed by atoms with Crippen LogP contribution in [0.5, 0.6) is 17.2 Å². The molecule has 4 heterocycles. The summed E-state index contributed by atoms with van der Waals surface area (Å²) in [6.07, 6.45) is 1.95. The van der Waals surface area contributed by atoms with Gasteiger partial charge in [0.15, 0.2) is 11.5 Å². The second-order valence-corrected chi connectivity index (χ2v) is 16.3. The second-order valence-electron chi connectivity index (χ2n) is 15.1. The molecule has 4 aliphatic heterocycles. The number of hydrogen-bond donors (Lipinski definition) is 5. The van der Waals surface area contributed by atoms with Crippen LogP contribution < -0.4 is 26.0 Å². The van der Waals surface area contributed by atoms with Gasteiger partial charge in [-0.1, -0.05) is 53.0 Å². The Morgan fingerprint density at radius 2 is 1.30 bits per heavy atom. The van der Waals surface area contributed by atoms with Gasteiger partial charge in [0.1, 0.15) is 11.6 Å². The number of carbonyl (C=O) groups is 4. The van der Waals surface area contributed by atoms with Gasteiger partial charge in [-0.25, -0.2) is 14.0 Å². The molecule has 4 aromatic carbocycles. The Balaban J connectivity index is 1.16. The number of piperazine rings is 2. The maximum absolute atomic E-state index is 14.5. The first-order valence-corrected chi connectivity index (χ1v) is 20.9. The summed E-state index contributed by atoms with van der Waals surface area (Å²) in [5.74, 6) is -2.36. The molecule has 5 N–H and O–H groups in total. The van der Waals surface area contributed by atoms with Crippen LogP contribution in [0.1, 0.15) is 33.6 Å². The van der Waals surface area contributed by atoms with E-state index in [-0.39, 0.29) is 72.5 Å². The Morgan fingerprint density at radius 1 is 0.689 bits per heavy atom. The standard InChI is InChI=1S/C42H42Cl3FN8O7/c43-29-7-2-9-31(35(29)44)47-42(59)50-34-20-26(19-28(37(34)55)40(57)53-15-13-51-12-4-5-24(51)21-53)61-38-27(39(56)54-16-14-52-17-18-60-23-25(52)22-54)6-1-11-33(38)49-41(58)48-32-10-3-8-30(46)36(32)45/h1-3,6-11,19-20,24-25,55H,4-5,12-18,21-23H2,(H2,47,50,59)(H2,48,49,58). The Labute approximate surface area is 365 Å². The summed E-state index contributed by atoms with van der Waals surface area (Å²) in [6.45, 7) is 5.70. The van der Waals surface area contributed by atoms with Crippen molar-refractivity contribution in [2.45, 2.75) is 24.9 Å². The largest absolute Gasteiger partial charge is 0.505 e.